The van der Waals surface area contributed by atoms with Gasteiger partial charge in [-0.3, -0.25) is 0 Å². The van der Waals surface area contributed by atoms with Gasteiger partial charge in [-0.15, -0.1) is 0 Å². The van der Waals surface area contributed by atoms with Crippen LogP contribution in [0.3, 0.4) is 0 Å². The monoisotopic (exact) mass is 259 g/mol. The van der Waals surface area contributed by atoms with Gasteiger partial charge in [-0.05, 0) is 30.9 Å². The van der Waals surface area contributed by atoms with Crippen molar-refractivity contribution in [3.05, 3.63) is 29.1 Å². The maximum absolute atomic E-state index is 13.6. The molecule has 0 amide bonds. The van der Waals surface area contributed by atoms with Crippen molar-refractivity contribution in [2.24, 2.45) is 5.41 Å². The molecule has 1 aromatic carbocycles. The predicted octanol–water partition coefficient (Wildman–Crippen LogP) is 3.75. The molecule has 0 radical (unpaired) electrons. The van der Waals surface area contributed by atoms with Gasteiger partial charge in [0.05, 0.1) is 17.7 Å². The molecule has 0 aromatic heterocycles. The Hall–Kier alpha value is -2.07. The number of hydrogen-bond donors (Lipinski definition) is 1. The van der Waals surface area contributed by atoms with Gasteiger partial charge in [-0.2, -0.15) is 10.5 Å². The SMILES string of the molecule is Cc1c(F)cc(C#N)cc1NCC(C)(C)CCC#N. The lowest BCUT2D eigenvalue weighted by atomic mass is 9.88. The third-order valence-corrected chi connectivity index (χ3v) is 3.14. The molecular formula is C15H18FN3. The lowest BCUT2D eigenvalue weighted by Gasteiger charge is -2.25. The minimum atomic E-state index is -0.378. The second-order valence-corrected chi connectivity index (χ2v) is 5.42. The molecule has 0 heterocycles. The third-order valence-electron chi connectivity index (χ3n) is 3.14. The van der Waals surface area contributed by atoms with Gasteiger partial charge < -0.3 is 5.32 Å². The van der Waals surface area contributed by atoms with E-state index in [4.69, 9.17) is 10.5 Å². The van der Waals surface area contributed by atoms with Crippen LogP contribution in [0.1, 0.15) is 37.8 Å². The summed E-state index contributed by atoms with van der Waals surface area (Å²) in [5.41, 5.74) is 1.40. The van der Waals surface area contributed by atoms with E-state index in [0.717, 1.165) is 6.42 Å². The van der Waals surface area contributed by atoms with E-state index in [9.17, 15) is 4.39 Å². The predicted molar refractivity (Wildman–Crippen MR) is 73.0 cm³/mol. The van der Waals surface area contributed by atoms with E-state index in [1.165, 1.54) is 6.07 Å². The van der Waals surface area contributed by atoms with Crippen molar-refractivity contribution in [2.45, 2.75) is 33.6 Å². The maximum Gasteiger partial charge on any atom is 0.129 e. The van der Waals surface area contributed by atoms with Crippen molar-refractivity contribution in [3.63, 3.8) is 0 Å². The molecule has 1 rings (SSSR count). The quantitative estimate of drug-likeness (QED) is 0.876. The number of benzene rings is 1. The lowest BCUT2D eigenvalue weighted by Crippen LogP contribution is -2.23. The van der Waals surface area contributed by atoms with Gasteiger partial charge in [0.1, 0.15) is 5.82 Å². The van der Waals surface area contributed by atoms with Gasteiger partial charge in [-0.1, -0.05) is 13.8 Å². The van der Waals surface area contributed by atoms with E-state index in [1.54, 1.807) is 13.0 Å². The Bertz CT molecular complexity index is 536. The average molecular weight is 259 g/mol. The van der Waals surface area contributed by atoms with Crippen LogP contribution in [0.25, 0.3) is 0 Å². The van der Waals surface area contributed by atoms with Gasteiger partial charge in [0.15, 0.2) is 0 Å². The van der Waals surface area contributed by atoms with Crippen LogP contribution < -0.4 is 5.32 Å². The van der Waals surface area contributed by atoms with E-state index in [-0.39, 0.29) is 11.2 Å². The summed E-state index contributed by atoms with van der Waals surface area (Å²) < 4.78 is 13.6. The first kappa shape index (κ1) is 15.0. The number of rotatable bonds is 5. The standard InChI is InChI=1S/C15H18FN3/c1-11-13(16)7-12(9-18)8-14(11)19-10-15(2,3)5-4-6-17/h7-8,19H,4-5,10H2,1-3H3. The molecule has 0 saturated carbocycles. The molecule has 4 heteroatoms. The van der Waals surface area contributed by atoms with Crippen LogP contribution in [0, 0.1) is 40.8 Å². The highest BCUT2D eigenvalue weighted by atomic mass is 19.1. The number of nitriles is 2. The summed E-state index contributed by atoms with van der Waals surface area (Å²) in [6.45, 7) is 6.42. The molecule has 0 unspecified atom stereocenters. The fourth-order valence-electron chi connectivity index (χ4n) is 1.74. The van der Waals surface area contributed by atoms with Crippen LogP contribution in [-0.4, -0.2) is 6.54 Å². The second kappa shape index (κ2) is 6.20. The van der Waals surface area contributed by atoms with E-state index < -0.39 is 0 Å². The zero-order valence-electron chi connectivity index (χ0n) is 11.5. The summed E-state index contributed by atoms with van der Waals surface area (Å²) in [6, 6.07) is 6.96. The van der Waals surface area contributed by atoms with Crippen molar-refractivity contribution >= 4 is 5.69 Å². The highest BCUT2D eigenvalue weighted by Crippen LogP contribution is 2.25. The van der Waals surface area contributed by atoms with E-state index in [2.05, 4.69) is 25.2 Å². The molecule has 0 aliphatic carbocycles. The van der Waals surface area contributed by atoms with Crippen LogP contribution in [0.15, 0.2) is 12.1 Å². The van der Waals surface area contributed by atoms with E-state index in [1.807, 2.05) is 6.07 Å². The number of anilines is 1. The molecule has 0 aliphatic rings. The Morgan fingerprint density at radius 1 is 1.32 bits per heavy atom. The molecule has 0 fully saturated rings. The Balaban J connectivity index is 2.81. The normalized spacial score (nSPS) is 10.6. The average Bonchev–Trinajstić information content (AvgIpc) is 2.38. The number of nitrogens with zero attached hydrogens (tertiary/aromatic N) is 2. The molecule has 100 valence electrons. The zero-order chi connectivity index (χ0) is 14.5. The minimum absolute atomic E-state index is 0.0543. The third kappa shape index (κ3) is 4.26. The van der Waals surface area contributed by atoms with Crippen LogP contribution in [0.2, 0.25) is 0 Å². The molecule has 0 aliphatic heterocycles. The minimum Gasteiger partial charge on any atom is -0.384 e. The second-order valence-electron chi connectivity index (χ2n) is 5.42. The molecule has 3 nitrogen and oxygen atoms in total. The highest BCUT2D eigenvalue weighted by molar-refractivity contribution is 5.55. The molecular weight excluding hydrogens is 241 g/mol. The fraction of sp³-hybridized carbons (Fsp3) is 0.467. The number of halogens is 1. The molecule has 1 N–H and O–H groups in total. The first-order valence-corrected chi connectivity index (χ1v) is 6.21. The van der Waals surface area contributed by atoms with Gasteiger partial charge >= 0.3 is 0 Å². The summed E-state index contributed by atoms with van der Waals surface area (Å²) in [5.74, 6) is -0.378. The van der Waals surface area contributed by atoms with Crippen molar-refractivity contribution in [2.75, 3.05) is 11.9 Å². The first-order valence-electron chi connectivity index (χ1n) is 6.21. The summed E-state index contributed by atoms with van der Waals surface area (Å²) in [7, 11) is 0. The Morgan fingerprint density at radius 2 is 2.00 bits per heavy atom. The van der Waals surface area contributed by atoms with Crippen LogP contribution in [0.4, 0.5) is 10.1 Å². The zero-order valence-corrected chi connectivity index (χ0v) is 11.5. The van der Waals surface area contributed by atoms with Crippen molar-refractivity contribution < 1.29 is 4.39 Å². The summed E-state index contributed by atoms with van der Waals surface area (Å²) in [6.07, 6.45) is 1.27. The maximum atomic E-state index is 13.6. The smallest absolute Gasteiger partial charge is 0.129 e. The Labute approximate surface area is 113 Å². The van der Waals surface area contributed by atoms with Crippen LogP contribution in [0.5, 0.6) is 0 Å². The van der Waals surface area contributed by atoms with Crippen molar-refractivity contribution in [3.8, 4) is 12.1 Å². The van der Waals surface area contributed by atoms with E-state index in [0.29, 0.717) is 29.8 Å². The summed E-state index contributed by atoms with van der Waals surface area (Å²) in [5, 5.41) is 20.6. The largest absolute Gasteiger partial charge is 0.384 e. The fourth-order valence-corrected chi connectivity index (χ4v) is 1.74. The van der Waals surface area contributed by atoms with Gasteiger partial charge in [0.25, 0.3) is 0 Å². The summed E-state index contributed by atoms with van der Waals surface area (Å²) in [4.78, 5) is 0. The van der Waals surface area contributed by atoms with Crippen LogP contribution in [-0.2, 0) is 0 Å². The topological polar surface area (TPSA) is 59.6 Å². The summed E-state index contributed by atoms with van der Waals surface area (Å²) >= 11 is 0. The van der Waals surface area contributed by atoms with Gasteiger partial charge in [-0.25, -0.2) is 4.39 Å². The van der Waals surface area contributed by atoms with Gasteiger partial charge in [0.2, 0.25) is 0 Å². The Kier molecular flexibility index (Phi) is 4.89. The molecule has 0 saturated heterocycles. The molecule has 0 bridgehead atoms. The highest BCUT2D eigenvalue weighted by Gasteiger charge is 2.18. The van der Waals surface area contributed by atoms with Crippen molar-refractivity contribution in [1.82, 2.24) is 0 Å². The van der Waals surface area contributed by atoms with Gasteiger partial charge in [0, 0.05) is 24.2 Å². The molecule has 1 aromatic rings. The molecule has 0 atom stereocenters. The molecule has 0 spiro atoms. The van der Waals surface area contributed by atoms with E-state index >= 15 is 0 Å². The van der Waals surface area contributed by atoms with Crippen molar-refractivity contribution in [1.29, 1.82) is 10.5 Å². The Morgan fingerprint density at radius 3 is 2.58 bits per heavy atom. The lowest BCUT2D eigenvalue weighted by molar-refractivity contribution is 0.363. The number of nitrogens with one attached hydrogen (secondary N) is 1. The van der Waals surface area contributed by atoms with Crippen LogP contribution >= 0.6 is 0 Å². The first-order chi connectivity index (χ1) is 8.89. The molecule has 19 heavy (non-hydrogen) atoms. The number of hydrogen-bond acceptors (Lipinski definition) is 3.